The van der Waals surface area contributed by atoms with Gasteiger partial charge in [-0.15, -0.1) is 0 Å². The van der Waals surface area contributed by atoms with E-state index >= 15 is 0 Å². The summed E-state index contributed by atoms with van der Waals surface area (Å²) in [7, 11) is 1.46. The smallest absolute Gasteiger partial charge is 0.266 e. The number of nitro groups is 1. The Labute approximate surface area is 163 Å². The average molecular weight is 382 g/mol. The molecular formula is C21H22N2O5. The van der Waals surface area contributed by atoms with E-state index in [0.717, 1.165) is 11.1 Å². The summed E-state index contributed by atoms with van der Waals surface area (Å²) in [5.41, 5.74) is 1.62. The Morgan fingerprint density at radius 2 is 2.07 bits per heavy atom. The van der Waals surface area contributed by atoms with Crippen LogP contribution in [0.2, 0.25) is 0 Å². The highest BCUT2D eigenvalue weighted by Crippen LogP contribution is 2.28. The van der Waals surface area contributed by atoms with E-state index < -0.39 is 10.8 Å². The molecule has 1 aliphatic carbocycles. The Morgan fingerprint density at radius 3 is 2.68 bits per heavy atom. The number of nitrogens with zero attached hydrogens (tertiary/aromatic N) is 2. The molecule has 1 fully saturated rings. The zero-order valence-electron chi connectivity index (χ0n) is 15.7. The zero-order valence-corrected chi connectivity index (χ0v) is 15.7. The summed E-state index contributed by atoms with van der Waals surface area (Å²) in [5, 5.41) is 11.7. The third-order valence-electron chi connectivity index (χ3n) is 4.68. The summed E-state index contributed by atoms with van der Waals surface area (Å²) < 4.78 is 11.1. The zero-order chi connectivity index (χ0) is 20.1. The second-order valence-corrected chi connectivity index (χ2v) is 6.63. The summed E-state index contributed by atoms with van der Waals surface area (Å²) in [4.78, 5) is 25.6. The Kier molecular flexibility index (Phi) is 5.93. The van der Waals surface area contributed by atoms with Crippen molar-refractivity contribution in [3.05, 3.63) is 93.6 Å². The highest BCUT2D eigenvalue weighted by Gasteiger charge is 2.36. The van der Waals surface area contributed by atoms with Gasteiger partial charge in [-0.3, -0.25) is 14.9 Å². The molecule has 1 saturated heterocycles. The number of carbonyl (C=O) groups is 1. The number of carbonyl (C=O) groups excluding carboxylic acids is 1. The van der Waals surface area contributed by atoms with E-state index in [-0.39, 0.29) is 24.0 Å². The minimum atomic E-state index is -1.01. The highest BCUT2D eigenvalue weighted by atomic mass is 16.6. The quantitative estimate of drug-likeness (QED) is 0.429. The van der Waals surface area contributed by atoms with Crippen LogP contribution in [-0.2, 0) is 20.9 Å². The fourth-order valence-corrected chi connectivity index (χ4v) is 3.16. The van der Waals surface area contributed by atoms with Crippen molar-refractivity contribution in [3.63, 3.8) is 0 Å². The fraction of sp³-hybridized carbons (Fsp3) is 0.286. The molecule has 28 heavy (non-hydrogen) atoms. The predicted molar refractivity (Wildman–Crippen MR) is 103 cm³/mol. The predicted octanol–water partition coefficient (Wildman–Crippen LogP) is 3.20. The number of amides is 1. The number of hydrogen-bond donors (Lipinski definition) is 0. The van der Waals surface area contributed by atoms with Crippen molar-refractivity contribution >= 4 is 5.91 Å². The molecule has 1 heterocycles. The summed E-state index contributed by atoms with van der Waals surface area (Å²) in [5.74, 6) is -0.784. The van der Waals surface area contributed by atoms with E-state index in [2.05, 4.69) is 6.58 Å². The van der Waals surface area contributed by atoms with Crippen molar-refractivity contribution < 1.29 is 19.2 Å². The van der Waals surface area contributed by atoms with Crippen LogP contribution in [0.1, 0.15) is 12.0 Å². The van der Waals surface area contributed by atoms with Crippen LogP contribution >= 0.6 is 0 Å². The van der Waals surface area contributed by atoms with Crippen LogP contribution in [0.5, 0.6) is 0 Å². The lowest BCUT2D eigenvalue weighted by Gasteiger charge is -2.19. The molecule has 1 aliphatic heterocycles. The van der Waals surface area contributed by atoms with Gasteiger partial charge in [0.1, 0.15) is 12.5 Å². The number of allylic oxidation sites excluding steroid dienone is 2. The van der Waals surface area contributed by atoms with Crippen LogP contribution in [0.25, 0.3) is 0 Å². The first-order chi connectivity index (χ1) is 13.5. The minimum absolute atomic E-state index is 0.218. The lowest BCUT2D eigenvalue weighted by atomic mass is 10.0. The molecule has 7 heteroatoms. The first kappa shape index (κ1) is 19.4. The van der Waals surface area contributed by atoms with Gasteiger partial charge < -0.3 is 14.4 Å². The second-order valence-electron chi connectivity index (χ2n) is 6.63. The van der Waals surface area contributed by atoms with Crippen molar-refractivity contribution in [3.8, 4) is 0 Å². The minimum Gasteiger partial charge on any atom is -0.493 e. The van der Waals surface area contributed by atoms with Gasteiger partial charge in [-0.05, 0) is 18.1 Å². The second kappa shape index (κ2) is 8.56. The number of rotatable bonds is 6. The summed E-state index contributed by atoms with van der Waals surface area (Å²) in [6.07, 6.45) is 5.05. The molecule has 2 aliphatic rings. The maximum absolute atomic E-state index is 12.9. The summed E-state index contributed by atoms with van der Waals surface area (Å²) in [6.45, 7) is 5.06. The van der Waals surface area contributed by atoms with E-state index in [0.29, 0.717) is 25.3 Å². The molecule has 7 nitrogen and oxygen atoms in total. The van der Waals surface area contributed by atoms with Gasteiger partial charge in [-0.2, -0.15) is 0 Å². The molecule has 146 valence electrons. The van der Waals surface area contributed by atoms with Crippen LogP contribution in [0.4, 0.5) is 0 Å². The number of likely N-dealkylation sites (tertiary alicyclic amines) is 1. The van der Waals surface area contributed by atoms with Crippen molar-refractivity contribution in [2.75, 3.05) is 20.2 Å². The van der Waals surface area contributed by atoms with Crippen LogP contribution in [0.15, 0.2) is 77.9 Å². The monoisotopic (exact) mass is 382 g/mol. The third kappa shape index (κ3) is 4.31. The fourth-order valence-electron chi connectivity index (χ4n) is 3.16. The standard InChI is InChI=1S/C21H22N2O5/c1-15-10-11-22(13-15)21(24)17-8-9-19(27-2)20(12-18(17)23(25)26)28-14-16-6-4-3-5-7-16/h3-9,12,17H,1,10-11,13-14H2,2H3. The van der Waals surface area contributed by atoms with Crippen LogP contribution < -0.4 is 0 Å². The lowest BCUT2D eigenvalue weighted by molar-refractivity contribution is -0.430. The normalized spacial score (nSPS) is 19.3. The van der Waals surface area contributed by atoms with Crippen molar-refractivity contribution in [1.29, 1.82) is 0 Å². The molecule has 0 bridgehead atoms. The van der Waals surface area contributed by atoms with E-state index in [9.17, 15) is 14.9 Å². The Morgan fingerprint density at radius 1 is 1.32 bits per heavy atom. The van der Waals surface area contributed by atoms with Gasteiger partial charge in [0.15, 0.2) is 11.5 Å². The number of hydrogen-bond acceptors (Lipinski definition) is 5. The molecule has 0 N–H and O–H groups in total. The molecule has 1 aromatic rings. The first-order valence-electron chi connectivity index (χ1n) is 8.94. The number of benzene rings is 1. The van der Waals surface area contributed by atoms with Gasteiger partial charge in [-0.1, -0.05) is 48.6 Å². The van der Waals surface area contributed by atoms with E-state index in [1.807, 2.05) is 30.3 Å². The molecule has 0 saturated carbocycles. The summed E-state index contributed by atoms with van der Waals surface area (Å²) in [6, 6.07) is 9.45. The molecule has 1 amide bonds. The van der Waals surface area contributed by atoms with Crippen LogP contribution in [0, 0.1) is 16.0 Å². The molecule has 1 atom stereocenters. The van der Waals surface area contributed by atoms with Crippen molar-refractivity contribution in [2.45, 2.75) is 13.0 Å². The Balaban J connectivity index is 1.87. The van der Waals surface area contributed by atoms with Gasteiger partial charge in [-0.25, -0.2) is 0 Å². The maximum Gasteiger partial charge on any atom is 0.266 e. The van der Waals surface area contributed by atoms with Crippen LogP contribution in [0.3, 0.4) is 0 Å². The highest BCUT2D eigenvalue weighted by molar-refractivity contribution is 5.84. The largest absolute Gasteiger partial charge is 0.493 e. The molecule has 0 aromatic heterocycles. The van der Waals surface area contributed by atoms with Crippen LogP contribution in [-0.4, -0.2) is 35.9 Å². The van der Waals surface area contributed by atoms with Gasteiger partial charge >= 0.3 is 0 Å². The first-order valence-corrected chi connectivity index (χ1v) is 8.94. The van der Waals surface area contributed by atoms with Gasteiger partial charge in [0.2, 0.25) is 5.91 Å². The van der Waals surface area contributed by atoms with Gasteiger partial charge in [0.25, 0.3) is 5.70 Å². The molecular weight excluding hydrogens is 360 g/mol. The molecule has 1 aromatic carbocycles. The average Bonchev–Trinajstić information content (AvgIpc) is 3.04. The topological polar surface area (TPSA) is 81.9 Å². The van der Waals surface area contributed by atoms with E-state index in [4.69, 9.17) is 9.47 Å². The third-order valence-corrected chi connectivity index (χ3v) is 4.68. The van der Waals surface area contributed by atoms with E-state index in [1.54, 1.807) is 11.0 Å². The summed E-state index contributed by atoms with van der Waals surface area (Å²) >= 11 is 0. The Bertz CT molecular complexity index is 870. The van der Waals surface area contributed by atoms with E-state index in [1.165, 1.54) is 19.3 Å². The molecule has 1 unspecified atom stereocenters. The maximum atomic E-state index is 12.9. The number of ether oxygens (including phenoxy) is 2. The molecule has 3 rings (SSSR count). The molecule has 0 radical (unpaired) electrons. The van der Waals surface area contributed by atoms with Gasteiger partial charge in [0.05, 0.1) is 18.1 Å². The Hall–Kier alpha value is -3.35. The molecule has 0 spiro atoms. The number of methoxy groups -OCH3 is 1. The SMILES string of the molecule is C=C1CCN(C(=O)C2C=CC(OC)=C(OCc3ccccc3)C=C2[N+](=O)[O-])C1. The van der Waals surface area contributed by atoms with Crippen molar-refractivity contribution in [1.82, 2.24) is 4.90 Å². The van der Waals surface area contributed by atoms with Gasteiger partial charge in [0, 0.05) is 13.1 Å². The lowest BCUT2D eigenvalue weighted by Crippen LogP contribution is -2.35. The van der Waals surface area contributed by atoms with Crippen molar-refractivity contribution in [2.24, 2.45) is 5.92 Å².